The fraction of sp³-hybridized carbons (Fsp3) is 0.333. The van der Waals surface area contributed by atoms with Gasteiger partial charge in [0.2, 0.25) is 0 Å². The maximum absolute atomic E-state index is 3.38. The van der Waals surface area contributed by atoms with Crippen molar-refractivity contribution in [3.05, 3.63) is 48.5 Å². The summed E-state index contributed by atoms with van der Waals surface area (Å²) in [5, 5.41) is 2.61. The van der Waals surface area contributed by atoms with E-state index in [1.165, 1.54) is 21.8 Å². The van der Waals surface area contributed by atoms with Crippen LogP contribution < -0.4 is 0 Å². The molecule has 1 heteroatoms. The second-order valence-corrected chi connectivity index (χ2v) is 3.22. The SMILES string of the molecule is CC.CC.CC.c1ccc2c(c1)[nH]c1ccccc12. The molecular formula is C18H27N. The van der Waals surface area contributed by atoms with Gasteiger partial charge in [-0.1, -0.05) is 77.9 Å². The lowest BCUT2D eigenvalue weighted by Gasteiger charge is -1.87. The standard InChI is InChI=1S/C12H9N.3C2H6/c1-3-7-11-9(5-1)10-6-2-4-8-12(10)13-11;3*1-2/h1-8,13H;3*1-2H3. The second-order valence-electron chi connectivity index (χ2n) is 3.22. The van der Waals surface area contributed by atoms with Crippen LogP contribution >= 0.6 is 0 Å². The lowest BCUT2D eigenvalue weighted by atomic mass is 10.2. The Bertz CT molecular complexity index is 513. The molecule has 3 rings (SSSR count). The van der Waals surface area contributed by atoms with Crippen molar-refractivity contribution in [3.63, 3.8) is 0 Å². The Morgan fingerprint density at radius 2 is 0.842 bits per heavy atom. The second kappa shape index (κ2) is 10.2. The summed E-state index contributed by atoms with van der Waals surface area (Å²) in [6, 6.07) is 16.8. The van der Waals surface area contributed by atoms with E-state index in [2.05, 4.69) is 53.5 Å². The fourth-order valence-corrected chi connectivity index (χ4v) is 1.80. The monoisotopic (exact) mass is 257 g/mol. The van der Waals surface area contributed by atoms with Crippen LogP contribution in [0.5, 0.6) is 0 Å². The molecule has 2 aromatic carbocycles. The van der Waals surface area contributed by atoms with E-state index >= 15 is 0 Å². The molecule has 3 aromatic rings. The van der Waals surface area contributed by atoms with Crippen molar-refractivity contribution in [2.45, 2.75) is 41.5 Å². The molecule has 0 radical (unpaired) electrons. The lowest BCUT2D eigenvalue weighted by molar-refractivity contribution is 1.50. The number of H-pyrrole nitrogens is 1. The van der Waals surface area contributed by atoms with Crippen LogP contribution in [0.2, 0.25) is 0 Å². The van der Waals surface area contributed by atoms with Crippen molar-refractivity contribution >= 4 is 21.8 Å². The average Bonchev–Trinajstić information content (AvgIpc) is 2.92. The van der Waals surface area contributed by atoms with Gasteiger partial charge >= 0.3 is 0 Å². The summed E-state index contributed by atoms with van der Waals surface area (Å²) < 4.78 is 0. The van der Waals surface area contributed by atoms with Crippen LogP contribution in [0.1, 0.15) is 41.5 Å². The zero-order valence-electron chi connectivity index (χ0n) is 13.1. The van der Waals surface area contributed by atoms with Crippen molar-refractivity contribution in [2.24, 2.45) is 0 Å². The smallest absolute Gasteiger partial charge is 0.0464 e. The first kappa shape index (κ1) is 17.2. The summed E-state index contributed by atoms with van der Waals surface area (Å²) in [5.74, 6) is 0. The maximum Gasteiger partial charge on any atom is 0.0464 e. The van der Waals surface area contributed by atoms with E-state index in [1.807, 2.05) is 41.5 Å². The fourth-order valence-electron chi connectivity index (χ4n) is 1.80. The van der Waals surface area contributed by atoms with Crippen LogP contribution in [-0.4, -0.2) is 4.98 Å². The summed E-state index contributed by atoms with van der Waals surface area (Å²) in [5.41, 5.74) is 2.42. The van der Waals surface area contributed by atoms with Gasteiger partial charge in [-0.25, -0.2) is 0 Å². The highest BCUT2D eigenvalue weighted by atomic mass is 14.7. The molecule has 0 saturated heterocycles. The molecule has 1 aromatic heterocycles. The molecule has 0 aliphatic rings. The minimum absolute atomic E-state index is 1.21. The number of benzene rings is 2. The summed E-state index contributed by atoms with van der Waals surface area (Å²) >= 11 is 0. The largest absolute Gasteiger partial charge is 0.355 e. The quantitative estimate of drug-likeness (QED) is 0.479. The van der Waals surface area contributed by atoms with Crippen LogP contribution in [0, 0.1) is 0 Å². The third-order valence-electron chi connectivity index (χ3n) is 2.41. The van der Waals surface area contributed by atoms with Gasteiger partial charge in [0.25, 0.3) is 0 Å². The van der Waals surface area contributed by atoms with E-state index in [-0.39, 0.29) is 0 Å². The minimum Gasteiger partial charge on any atom is -0.355 e. The van der Waals surface area contributed by atoms with Crippen molar-refractivity contribution in [3.8, 4) is 0 Å². The Kier molecular flexibility index (Phi) is 9.25. The number of aromatic amines is 1. The van der Waals surface area contributed by atoms with E-state index in [9.17, 15) is 0 Å². The zero-order valence-corrected chi connectivity index (χ0v) is 13.1. The Labute approximate surface area is 117 Å². The van der Waals surface area contributed by atoms with Crippen LogP contribution in [0.15, 0.2) is 48.5 Å². The van der Waals surface area contributed by atoms with Crippen molar-refractivity contribution in [2.75, 3.05) is 0 Å². The summed E-state index contributed by atoms with van der Waals surface area (Å²) in [6.07, 6.45) is 0. The van der Waals surface area contributed by atoms with Gasteiger partial charge in [-0.2, -0.15) is 0 Å². The molecule has 1 heterocycles. The summed E-state index contributed by atoms with van der Waals surface area (Å²) in [4.78, 5) is 3.38. The highest BCUT2D eigenvalue weighted by Gasteiger charge is 2.00. The van der Waals surface area contributed by atoms with E-state index < -0.39 is 0 Å². The Balaban J connectivity index is 0.000000482. The molecule has 0 saturated carbocycles. The Morgan fingerprint density at radius 3 is 1.21 bits per heavy atom. The Morgan fingerprint density at radius 1 is 0.526 bits per heavy atom. The number of para-hydroxylation sites is 2. The molecule has 0 aliphatic carbocycles. The molecule has 0 unspecified atom stereocenters. The van der Waals surface area contributed by atoms with Gasteiger partial charge in [0.1, 0.15) is 0 Å². The van der Waals surface area contributed by atoms with Crippen LogP contribution in [0.4, 0.5) is 0 Å². The van der Waals surface area contributed by atoms with Gasteiger partial charge in [0, 0.05) is 21.8 Å². The molecule has 1 N–H and O–H groups in total. The van der Waals surface area contributed by atoms with Crippen molar-refractivity contribution in [1.29, 1.82) is 0 Å². The first-order valence-corrected chi connectivity index (χ1v) is 7.40. The van der Waals surface area contributed by atoms with Crippen molar-refractivity contribution < 1.29 is 0 Å². The first-order valence-electron chi connectivity index (χ1n) is 7.40. The van der Waals surface area contributed by atoms with Crippen molar-refractivity contribution in [1.82, 2.24) is 4.98 Å². The molecule has 104 valence electrons. The average molecular weight is 257 g/mol. The number of nitrogens with one attached hydrogen (secondary N) is 1. The highest BCUT2D eigenvalue weighted by molar-refractivity contribution is 6.06. The van der Waals surface area contributed by atoms with Gasteiger partial charge < -0.3 is 4.98 Å². The van der Waals surface area contributed by atoms with Gasteiger partial charge in [-0.3, -0.25) is 0 Å². The lowest BCUT2D eigenvalue weighted by Crippen LogP contribution is -1.62. The van der Waals surface area contributed by atoms with Crippen LogP contribution in [0.3, 0.4) is 0 Å². The molecule has 1 nitrogen and oxygen atoms in total. The van der Waals surface area contributed by atoms with E-state index in [4.69, 9.17) is 0 Å². The number of hydrogen-bond acceptors (Lipinski definition) is 0. The molecule has 0 atom stereocenters. The first-order chi connectivity index (χ1) is 9.45. The topological polar surface area (TPSA) is 15.8 Å². The van der Waals surface area contributed by atoms with E-state index in [0.29, 0.717) is 0 Å². The van der Waals surface area contributed by atoms with E-state index in [0.717, 1.165) is 0 Å². The predicted octanol–water partition coefficient (Wildman–Crippen LogP) is 6.40. The number of hydrogen-bond donors (Lipinski definition) is 1. The molecule has 0 bridgehead atoms. The minimum atomic E-state index is 1.21. The van der Waals surface area contributed by atoms with Crippen LogP contribution in [-0.2, 0) is 0 Å². The third-order valence-corrected chi connectivity index (χ3v) is 2.41. The van der Waals surface area contributed by atoms with Gasteiger partial charge in [0.05, 0.1) is 0 Å². The highest BCUT2D eigenvalue weighted by Crippen LogP contribution is 2.24. The molecular weight excluding hydrogens is 230 g/mol. The van der Waals surface area contributed by atoms with Gasteiger partial charge in [0.15, 0.2) is 0 Å². The molecule has 19 heavy (non-hydrogen) atoms. The summed E-state index contributed by atoms with van der Waals surface area (Å²) in [6.45, 7) is 12.0. The molecule has 0 aliphatic heterocycles. The summed E-state index contributed by atoms with van der Waals surface area (Å²) in [7, 11) is 0. The Hall–Kier alpha value is -1.76. The van der Waals surface area contributed by atoms with Gasteiger partial charge in [-0.05, 0) is 12.1 Å². The maximum atomic E-state index is 3.38. The number of fused-ring (bicyclic) bond motifs is 3. The third kappa shape index (κ3) is 4.13. The number of aromatic nitrogens is 1. The van der Waals surface area contributed by atoms with Crippen LogP contribution in [0.25, 0.3) is 21.8 Å². The normalized spacial score (nSPS) is 8.53. The van der Waals surface area contributed by atoms with Gasteiger partial charge in [-0.15, -0.1) is 0 Å². The molecule has 0 amide bonds. The molecule has 0 spiro atoms. The predicted molar refractivity (Wildman–Crippen MR) is 89.8 cm³/mol. The zero-order chi connectivity index (χ0) is 14.7. The molecule has 0 fully saturated rings. The number of rotatable bonds is 0. The van der Waals surface area contributed by atoms with E-state index in [1.54, 1.807) is 0 Å².